The van der Waals surface area contributed by atoms with Crippen molar-refractivity contribution in [2.24, 2.45) is 0 Å². The number of rotatable bonds is 14. The molecule has 2 amide bonds. The molecule has 3 aromatic carbocycles. The summed E-state index contributed by atoms with van der Waals surface area (Å²) in [7, 11) is -1.06. The number of hydrogen-bond donors (Lipinski definition) is 1. The van der Waals surface area contributed by atoms with Crippen LogP contribution >= 0.6 is 23.2 Å². The van der Waals surface area contributed by atoms with Crippen LogP contribution in [0.25, 0.3) is 0 Å². The number of methoxy groups -OCH3 is 2. The zero-order valence-electron chi connectivity index (χ0n) is 24.8. The Hall–Kier alpha value is -3.47. The molecule has 12 heteroatoms. The third-order valence-corrected chi connectivity index (χ3v) is 8.82. The number of benzene rings is 3. The monoisotopic (exact) mass is 649 g/mol. The second kappa shape index (κ2) is 15.3. The van der Waals surface area contributed by atoms with Gasteiger partial charge in [0.15, 0.2) is 11.5 Å². The van der Waals surface area contributed by atoms with Crippen molar-refractivity contribution >= 4 is 50.7 Å². The number of halogens is 2. The number of carbonyl (C=O) groups is 2. The molecule has 43 heavy (non-hydrogen) atoms. The van der Waals surface area contributed by atoms with Gasteiger partial charge in [0.25, 0.3) is 0 Å². The van der Waals surface area contributed by atoms with E-state index in [0.717, 1.165) is 16.1 Å². The van der Waals surface area contributed by atoms with E-state index < -0.39 is 28.5 Å². The van der Waals surface area contributed by atoms with Gasteiger partial charge in [0, 0.05) is 25.1 Å². The first-order valence-corrected chi connectivity index (χ1v) is 16.3. The molecule has 0 aliphatic rings. The van der Waals surface area contributed by atoms with E-state index in [2.05, 4.69) is 5.32 Å². The summed E-state index contributed by atoms with van der Waals surface area (Å²) < 4.78 is 37.7. The molecule has 3 rings (SSSR count). The van der Waals surface area contributed by atoms with E-state index in [1.807, 2.05) is 44.2 Å². The summed E-state index contributed by atoms with van der Waals surface area (Å²) in [6.45, 7) is 3.23. The molecular weight excluding hydrogens is 613 g/mol. The minimum absolute atomic E-state index is 0.0231. The Morgan fingerprint density at radius 3 is 2.16 bits per heavy atom. The maximum absolute atomic E-state index is 14.2. The van der Waals surface area contributed by atoms with Crippen molar-refractivity contribution in [3.63, 3.8) is 0 Å². The summed E-state index contributed by atoms with van der Waals surface area (Å²) in [4.78, 5) is 29.4. The highest BCUT2D eigenvalue weighted by atomic mass is 35.5. The lowest BCUT2D eigenvalue weighted by atomic mass is 10.0. The highest BCUT2D eigenvalue weighted by Crippen LogP contribution is 2.33. The first-order chi connectivity index (χ1) is 20.4. The summed E-state index contributed by atoms with van der Waals surface area (Å²) in [5.74, 6) is -0.254. The van der Waals surface area contributed by atoms with E-state index in [1.165, 1.54) is 31.3 Å². The predicted octanol–water partition coefficient (Wildman–Crippen LogP) is 5.33. The van der Waals surface area contributed by atoms with E-state index in [-0.39, 0.29) is 30.6 Å². The van der Waals surface area contributed by atoms with E-state index in [1.54, 1.807) is 24.3 Å². The molecule has 232 valence electrons. The third-order valence-electron chi connectivity index (χ3n) is 6.94. The molecule has 0 saturated heterocycles. The van der Waals surface area contributed by atoms with Crippen molar-refractivity contribution in [1.29, 1.82) is 0 Å². The van der Waals surface area contributed by atoms with Crippen molar-refractivity contribution in [2.75, 3.05) is 31.3 Å². The van der Waals surface area contributed by atoms with Crippen molar-refractivity contribution in [2.45, 2.75) is 45.3 Å². The van der Waals surface area contributed by atoms with Crippen LogP contribution in [0.2, 0.25) is 10.0 Å². The number of carbonyl (C=O) groups excluding carboxylic acids is 2. The molecule has 2 atom stereocenters. The van der Waals surface area contributed by atoms with Crippen LogP contribution in [0.1, 0.15) is 31.4 Å². The van der Waals surface area contributed by atoms with Crippen molar-refractivity contribution in [1.82, 2.24) is 10.2 Å². The number of amides is 2. The van der Waals surface area contributed by atoms with Crippen LogP contribution < -0.4 is 19.1 Å². The van der Waals surface area contributed by atoms with E-state index in [0.29, 0.717) is 33.5 Å². The zero-order chi connectivity index (χ0) is 31.7. The molecule has 0 fully saturated rings. The van der Waals surface area contributed by atoms with Gasteiger partial charge in [0.1, 0.15) is 12.6 Å². The van der Waals surface area contributed by atoms with E-state index >= 15 is 0 Å². The first-order valence-electron chi connectivity index (χ1n) is 13.6. The number of anilines is 1. The minimum Gasteiger partial charge on any atom is -0.493 e. The number of hydrogen-bond acceptors (Lipinski definition) is 6. The Kier molecular flexibility index (Phi) is 12.1. The molecule has 0 spiro atoms. The fourth-order valence-electron chi connectivity index (χ4n) is 4.42. The molecule has 0 aliphatic carbocycles. The van der Waals surface area contributed by atoms with Crippen LogP contribution in [-0.4, -0.2) is 64.2 Å². The molecule has 0 bridgehead atoms. The van der Waals surface area contributed by atoms with Gasteiger partial charge in [-0.15, -0.1) is 0 Å². The van der Waals surface area contributed by atoms with E-state index in [4.69, 9.17) is 32.7 Å². The Bertz CT molecular complexity index is 1520. The Balaban J connectivity index is 2.10. The lowest BCUT2D eigenvalue weighted by Crippen LogP contribution is -2.54. The molecular formula is C31H37Cl2N3O6S. The number of nitrogens with one attached hydrogen (secondary N) is 1. The molecule has 3 aromatic rings. The molecule has 9 nitrogen and oxygen atoms in total. The second-order valence-electron chi connectivity index (χ2n) is 10.1. The van der Waals surface area contributed by atoms with Gasteiger partial charge in [-0.05, 0) is 48.7 Å². The van der Waals surface area contributed by atoms with Crippen LogP contribution in [0.4, 0.5) is 5.69 Å². The molecule has 0 aliphatic heterocycles. The van der Waals surface area contributed by atoms with Crippen LogP contribution in [0, 0.1) is 0 Å². The fourth-order valence-corrected chi connectivity index (χ4v) is 5.59. The van der Waals surface area contributed by atoms with Crippen LogP contribution in [0.5, 0.6) is 11.5 Å². The highest BCUT2D eigenvalue weighted by Gasteiger charge is 2.33. The fraction of sp³-hybridized carbons (Fsp3) is 0.355. The van der Waals surface area contributed by atoms with Crippen molar-refractivity contribution < 1.29 is 27.5 Å². The zero-order valence-corrected chi connectivity index (χ0v) is 27.2. The third kappa shape index (κ3) is 9.26. The van der Waals surface area contributed by atoms with Gasteiger partial charge in [0.2, 0.25) is 21.8 Å². The van der Waals surface area contributed by atoms with Crippen molar-refractivity contribution in [3.05, 3.63) is 87.9 Å². The van der Waals surface area contributed by atoms with Crippen LogP contribution in [0.15, 0.2) is 66.7 Å². The topological polar surface area (TPSA) is 105 Å². The smallest absolute Gasteiger partial charge is 0.244 e. The largest absolute Gasteiger partial charge is 0.493 e. The number of sulfonamides is 1. The summed E-state index contributed by atoms with van der Waals surface area (Å²) >= 11 is 12.4. The molecule has 0 radical (unpaired) electrons. The summed E-state index contributed by atoms with van der Waals surface area (Å²) in [5.41, 5.74) is 1.65. The Morgan fingerprint density at radius 2 is 1.58 bits per heavy atom. The Labute approximate surface area is 263 Å². The summed E-state index contributed by atoms with van der Waals surface area (Å²) in [6, 6.07) is 17.7. The quantitative estimate of drug-likeness (QED) is 0.253. The van der Waals surface area contributed by atoms with Gasteiger partial charge in [-0.2, -0.15) is 0 Å². The maximum atomic E-state index is 14.2. The van der Waals surface area contributed by atoms with E-state index in [9.17, 15) is 18.0 Å². The van der Waals surface area contributed by atoms with Crippen molar-refractivity contribution in [3.8, 4) is 11.5 Å². The first kappa shape index (κ1) is 34.0. The highest BCUT2D eigenvalue weighted by molar-refractivity contribution is 7.92. The number of nitrogens with zero attached hydrogens (tertiary/aromatic N) is 2. The average molecular weight is 651 g/mol. The summed E-state index contributed by atoms with van der Waals surface area (Å²) in [6.07, 6.45) is 1.90. The lowest BCUT2D eigenvalue weighted by molar-refractivity contribution is -0.140. The molecule has 0 aromatic heterocycles. The van der Waals surface area contributed by atoms with Gasteiger partial charge < -0.3 is 19.7 Å². The second-order valence-corrected chi connectivity index (χ2v) is 12.8. The van der Waals surface area contributed by atoms with Crippen LogP contribution in [-0.2, 0) is 32.6 Å². The molecule has 0 heterocycles. The predicted molar refractivity (Wildman–Crippen MR) is 171 cm³/mol. The molecule has 0 saturated carbocycles. The Morgan fingerprint density at radius 1 is 0.907 bits per heavy atom. The SMILES string of the molecule is CCC(C)NC(=O)C(Cc1ccccc1)N(Cc1ccc(Cl)c(Cl)c1)C(=O)CN(c1ccc(OC)c(OC)c1)S(C)(=O)=O. The lowest BCUT2D eigenvalue weighted by Gasteiger charge is -2.34. The van der Waals surface area contributed by atoms with Gasteiger partial charge in [-0.25, -0.2) is 8.42 Å². The molecule has 1 N–H and O–H groups in total. The van der Waals surface area contributed by atoms with Gasteiger partial charge in [0.05, 0.1) is 36.2 Å². The van der Waals surface area contributed by atoms with Gasteiger partial charge >= 0.3 is 0 Å². The van der Waals surface area contributed by atoms with Gasteiger partial charge in [-0.1, -0.05) is 66.5 Å². The number of ether oxygens (including phenoxy) is 2. The van der Waals surface area contributed by atoms with Gasteiger partial charge in [-0.3, -0.25) is 13.9 Å². The van der Waals surface area contributed by atoms with Crippen LogP contribution in [0.3, 0.4) is 0 Å². The molecule has 2 unspecified atom stereocenters. The maximum Gasteiger partial charge on any atom is 0.244 e. The standard InChI is InChI=1S/C31H37Cl2N3O6S/c1-6-21(2)34-31(38)27(17-22-10-8-7-9-11-22)35(19-23-12-14-25(32)26(33)16-23)30(37)20-36(43(5,39)40)24-13-15-28(41-3)29(18-24)42-4/h7-16,18,21,27H,6,17,19-20H2,1-5H3,(H,34,38). The summed E-state index contributed by atoms with van der Waals surface area (Å²) in [5, 5.41) is 3.63. The minimum atomic E-state index is -3.95. The average Bonchev–Trinajstić information content (AvgIpc) is 2.98. The normalized spacial score (nSPS) is 12.6.